The van der Waals surface area contributed by atoms with Gasteiger partial charge in [0.15, 0.2) is 0 Å². The van der Waals surface area contributed by atoms with Gasteiger partial charge < -0.3 is 24.3 Å². The van der Waals surface area contributed by atoms with E-state index in [1.54, 1.807) is 42.6 Å². The van der Waals surface area contributed by atoms with E-state index in [2.05, 4.69) is 10.1 Å². The first-order chi connectivity index (χ1) is 17.8. The van der Waals surface area contributed by atoms with Crippen LogP contribution in [0.4, 0.5) is 14.5 Å². The SMILES string of the molecule is COCCn1cccc(N2C[C@@H](c3ccc(Cl)cc3)C(NC(=O)c3ccc(OC(F)F)cc3)C2=O)c1=O. The summed E-state index contributed by atoms with van der Waals surface area (Å²) in [6.45, 7) is -2.20. The maximum absolute atomic E-state index is 13.6. The van der Waals surface area contributed by atoms with Crippen LogP contribution in [0.2, 0.25) is 5.02 Å². The molecule has 1 N–H and O–H groups in total. The van der Waals surface area contributed by atoms with Crippen LogP contribution in [-0.4, -0.2) is 49.3 Å². The van der Waals surface area contributed by atoms with Gasteiger partial charge in [0.2, 0.25) is 5.91 Å². The predicted octanol–water partition coefficient (Wildman–Crippen LogP) is 3.68. The van der Waals surface area contributed by atoms with Crippen molar-refractivity contribution in [2.24, 2.45) is 0 Å². The topological polar surface area (TPSA) is 89.9 Å². The van der Waals surface area contributed by atoms with Gasteiger partial charge in [-0.15, -0.1) is 0 Å². The number of nitrogens with zero attached hydrogens (tertiary/aromatic N) is 2. The Morgan fingerprint density at radius 3 is 2.46 bits per heavy atom. The Morgan fingerprint density at radius 1 is 1.11 bits per heavy atom. The number of hydrogen-bond donors (Lipinski definition) is 1. The second-order valence-electron chi connectivity index (χ2n) is 8.35. The molecule has 2 amide bonds. The summed E-state index contributed by atoms with van der Waals surface area (Å²) < 4.78 is 35.7. The van der Waals surface area contributed by atoms with E-state index in [0.717, 1.165) is 5.56 Å². The molecular formula is C26H24ClF2N3O5. The van der Waals surface area contributed by atoms with Crippen LogP contribution in [0.15, 0.2) is 71.7 Å². The minimum Gasteiger partial charge on any atom is -0.435 e. The van der Waals surface area contributed by atoms with Gasteiger partial charge in [-0.25, -0.2) is 0 Å². The van der Waals surface area contributed by atoms with E-state index in [0.29, 0.717) is 18.2 Å². The Kier molecular flexibility index (Phi) is 8.20. The van der Waals surface area contributed by atoms with E-state index in [4.69, 9.17) is 16.3 Å². The summed E-state index contributed by atoms with van der Waals surface area (Å²) in [7, 11) is 1.53. The van der Waals surface area contributed by atoms with Crippen molar-refractivity contribution in [1.29, 1.82) is 0 Å². The van der Waals surface area contributed by atoms with E-state index in [-0.39, 0.29) is 29.1 Å². The third-order valence-electron chi connectivity index (χ3n) is 6.07. The van der Waals surface area contributed by atoms with Crippen molar-refractivity contribution in [3.8, 4) is 5.75 Å². The summed E-state index contributed by atoms with van der Waals surface area (Å²) in [5.74, 6) is -1.61. The molecule has 1 aromatic heterocycles. The van der Waals surface area contributed by atoms with Crippen molar-refractivity contribution in [1.82, 2.24) is 9.88 Å². The van der Waals surface area contributed by atoms with Gasteiger partial charge in [0.25, 0.3) is 11.5 Å². The average molecular weight is 532 g/mol. The molecule has 1 saturated heterocycles. The third kappa shape index (κ3) is 5.98. The third-order valence-corrected chi connectivity index (χ3v) is 6.32. The minimum absolute atomic E-state index is 0.0949. The lowest BCUT2D eigenvalue weighted by atomic mass is 9.94. The molecule has 0 bridgehead atoms. The average Bonchev–Trinajstić information content (AvgIpc) is 3.19. The zero-order chi connectivity index (χ0) is 26.5. The fraction of sp³-hybridized carbons (Fsp3) is 0.269. The molecule has 8 nitrogen and oxygen atoms in total. The molecule has 1 unspecified atom stereocenters. The van der Waals surface area contributed by atoms with Crippen LogP contribution in [0.5, 0.6) is 5.75 Å². The molecule has 0 aliphatic carbocycles. The highest BCUT2D eigenvalue weighted by Crippen LogP contribution is 2.32. The molecule has 4 rings (SSSR count). The molecule has 2 atom stereocenters. The van der Waals surface area contributed by atoms with Crippen LogP contribution in [0, 0.1) is 0 Å². The lowest BCUT2D eigenvalue weighted by Gasteiger charge is -2.19. The van der Waals surface area contributed by atoms with Gasteiger partial charge in [0.1, 0.15) is 17.5 Å². The normalized spacial score (nSPS) is 17.3. The number of hydrogen-bond acceptors (Lipinski definition) is 5. The number of carbonyl (C=O) groups is 2. The summed E-state index contributed by atoms with van der Waals surface area (Å²) in [4.78, 5) is 41.1. The Hall–Kier alpha value is -3.76. The smallest absolute Gasteiger partial charge is 0.387 e. The van der Waals surface area contributed by atoms with E-state index < -0.39 is 30.4 Å². The molecule has 1 aliphatic rings. The summed E-state index contributed by atoms with van der Waals surface area (Å²) in [5, 5.41) is 3.27. The molecule has 0 radical (unpaired) electrons. The first kappa shape index (κ1) is 26.3. The predicted molar refractivity (Wildman–Crippen MR) is 133 cm³/mol. The fourth-order valence-corrected chi connectivity index (χ4v) is 4.35. The summed E-state index contributed by atoms with van der Waals surface area (Å²) in [5.41, 5.74) is 0.739. The van der Waals surface area contributed by atoms with E-state index in [1.165, 1.54) is 40.8 Å². The molecule has 1 fully saturated rings. The number of carbonyl (C=O) groups excluding carboxylic acids is 2. The summed E-state index contributed by atoms with van der Waals surface area (Å²) in [6.07, 6.45) is 1.61. The van der Waals surface area contributed by atoms with E-state index in [9.17, 15) is 23.2 Å². The van der Waals surface area contributed by atoms with Crippen molar-refractivity contribution >= 4 is 29.1 Å². The number of rotatable bonds is 9. The maximum Gasteiger partial charge on any atom is 0.387 e. The number of halogens is 3. The highest BCUT2D eigenvalue weighted by Gasteiger charge is 2.43. The molecule has 1 aliphatic heterocycles. The van der Waals surface area contributed by atoms with Crippen LogP contribution >= 0.6 is 11.6 Å². The Bertz CT molecular complexity index is 1320. The van der Waals surface area contributed by atoms with Crippen molar-refractivity contribution < 1.29 is 27.8 Å². The number of benzene rings is 2. The molecule has 37 heavy (non-hydrogen) atoms. The first-order valence-corrected chi connectivity index (χ1v) is 11.8. The number of methoxy groups -OCH3 is 1. The van der Waals surface area contributed by atoms with Gasteiger partial charge in [0.05, 0.1) is 6.61 Å². The molecule has 0 saturated carbocycles. The fourth-order valence-electron chi connectivity index (χ4n) is 4.23. The number of alkyl halides is 2. The van der Waals surface area contributed by atoms with Gasteiger partial charge in [0, 0.05) is 42.9 Å². The highest BCUT2D eigenvalue weighted by molar-refractivity contribution is 6.30. The molecule has 2 aromatic carbocycles. The van der Waals surface area contributed by atoms with Crippen molar-refractivity contribution in [3.05, 3.63) is 93.4 Å². The minimum atomic E-state index is -2.99. The Morgan fingerprint density at radius 2 is 1.81 bits per heavy atom. The largest absolute Gasteiger partial charge is 0.435 e. The van der Waals surface area contributed by atoms with Crippen LogP contribution in [0.25, 0.3) is 0 Å². The molecule has 194 valence electrons. The lowest BCUT2D eigenvalue weighted by Crippen LogP contribution is -2.44. The lowest BCUT2D eigenvalue weighted by molar-refractivity contribution is -0.118. The van der Waals surface area contributed by atoms with Crippen molar-refractivity contribution in [2.45, 2.75) is 25.1 Å². The van der Waals surface area contributed by atoms with Gasteiger partial charge in [-0.3, -0.25) is 14.4 Å². The number of pyridine rings is 1. The van der Waals surface area contributed by atoms with Crippen molar-refractivity contribution in [3.63, 3.8) is 0 Å². The van der Waals surface area contributed by atoms with E-state index >= 15 is 0 Å². The highest BCUT2D eigenvalue weighted by atomic mass is 35.5. The van der Waals surface area contributed by atoms with E-state index in [1.807, 2.05) is 0 Å². The quantitative estimate of drug-likeness (QED) is 0.455. The summed E-state index contributed by atoms with van der Waals surface area (Å²) in [6, 6.07) is 14.3. The zero-order valence-electron chi connectivity index (χ0n) is 19.8. The monoisotopic (exact) mass is 531 g/mol. The maximum atomic E-state index is 13.6. The summed E-state index contributed by atoms with van der Waals surface area (Å²) >= 11 is 6.04. The molecule has 11 heteroatoms. The van der Waals surface area contributed by atoms with Crippen LogP contribution in [-0.2, 0) is 16.1 Å². The first-order valence-electron chi connectivity index (χ1n) is 11.4. The van der Waals surface area contributed by atoms with Gasteiger partial charge in [-0.1, -0.05) is 23.7 Å². The van der Waals surface area contributed by atoms with Gasteiger partial charge in [-0.05, 0) is 54.1 Å². The second-order valence-corrected chi connectivity index (χ2v) is 8.78. The van der Waals surface area contributed by atoms with Gasteiger partial charge in [-0.2, -0.15) is 8.78 Å². The van der Waals surface area contributed by atoms with Crippen LogP contribution < -0.4 is 20.5 Å². The number of nitrogens with one attached hydrogen (secondary N) is 1. The number of aromatic nitrogens is 1. The molecule has 3 aromatic rings. The number of anilines is 1. The van der Waals surface area contributed by atoms with Crippen molar-refractivity contribution in [2.75, 3.05) is 25.2 Å². The second kappa shape index (κ2) is 11.5. The standard InChI is InChI=1S/C26H24ClF2N3O5/c1-36-14-13-31-12-2-3-21(24(31)34)32-15-20(16-4-8-18(27)9-5-16)22(25(32)35)30-23(33)17-6-10-19(11-7-17)37-26(28)29/h2-12,20,22,26H,13-15H2,1H3,(H,30,33)/t20-,22?/m0/s1. The van der Waals surface area contributed by atoms with Crippen LogP contribution in [0.3, 0.4) is 0 Å². The number of amides is 2. The molecular weight excluding hydrogens is 508 g/mol. The zero-order valence-corrected chi connectivity index (χ0v) is 20.5. The number of ether oxygens (including phenoxy) is 2. The molecule has 0 spiro atoms. The Labute approximate surface area is 216 Å². The molecule has 2 heterocycles. The van der Waals surface area contributed by atoms with Gasteiger partial charge >= 0.3 is 6.61 Å². The van der Waals surface area contributed by atoms with Crippen LogP contribution in [0.1, 0.15) is 21.8 Å². The Balaban J connectivity index is 1.63.